The first kappa shape index (κ1) is 19.9. The molecule has 0 saturated carbocycles. The smallest absolute Gasteiger partial charge is 0.269 e. The summed E-state index contributed by atoms with van der Waals surface area (Å²) in [5.74, 6) is -1.56. The minimum Gasteiger partial charge on any atom is -0.273 e. The maximum Gasteiger partial charge on any atom is 0.269 e. The van der Waals surface area contributed by atoms with Crippen LogP contribution in [-0.4, -0.2) is 22.8 Å². The van der Waals surface area contributed by atoms with Crippen molar-refractivity contribution in [2.75, 3.05) is 9.96 Å². The van der Waals surface area contributed by atoms with Crippen molar-refractivity contribution in [1.29, 1.82) is 0 Å². The van der Waals surface area contributed by atoms with Crippen LogP contribution in [0, 0.1) is 23.0 Å². The Labute approximate surface area is 183 Å². The average molecular weight is 429 g/mol. The highest BCUT2D eigenvalue weighted by molar-refractivity contribution is 6.23. The summed E-state index contributed by atoms with van der Waals surface area (Å²) < 4.78 is 0. The molecule has 3 aromatic rings. The number of carbonyl (C=O) groups excluding carboxylic acids is 2. The number of hydroxylamine groups is 1. The SMILES string of the molecule is Cc1ccc(N2C(=O)[C@@H]3[C@@H](c4ccc([N+](=O)[O-])cc4)N(c4ccccc4)O[C@H]3C2=O)cc1. The van der Waals surface area contributed by atoms with Crippen LogP contribution in [0.2, 0.25) is 0 Å². The van der Waals surface area contributed by atoms with Crippen LogP contribution in [0.3, 0.4) is 0 Å². The Morgan fingerprint density at radius 3 is 2.12 bits per heavy atom. The summed E-state index contributed by atoms with van der Waals surface area (Å²) in [5, 5.41) is 12.7. The minimum atomic E-state index is -0.982. The third-order valence-corrected chi connectivity index (χ3v) is 5.86. The van der Waals surface area contributed by atoms with Crippen LogP contribution < -0.4 is 9.96 Å². The van der Waals surface area contributed by atoms with Crippen molar-refractivity contribution >= 4 is 28.9 Å². The van der Waals surface area contributed by atoms with Crippen molar-refractivity contribution in [3.8, 4) is 0 Å². The topological polar surface area (TPSA) is 93.0 Å². The average Bonchev–Trinajstić information content (AvgIpc) is 3.31. The molecule has 0 aromatic heterocycles. The van der Waals surface area contributed by atoms with E-state index in [0.717, 1.165) is 5.56 Å². The molecule has 2 saturated heterocycles. The molecule has 2 aliphatic rings. The highest BCUT2D eigenvalue weighted by atomic mass is 16.7. The number of anilines is 2. The number of aryl methyl sites for hydroxylation is 1. The molecule has 160 valence electrons. The van der Waals surface area contributed by atoms with E-state index >= 15 is 0 Å². The van der Waals surface area contributed by atoms with Crippen LogP contribution in [0.1, 0.15) is 17.2 Å². The number of carbonyl (C=O) groups is 2. The van der Waals surface area contributed by atoms with E-state index in [1.165, 1.54) is 17.0 Å². The van der Waals surface area contributed by atoms with Gasteiger partial charge >= 0.3 is 0 Å². The first-order valence-electron chi connectivity index (χ1n) is 10.2. The van der Waals surface area contributed by atoms with Crippen LogP contribution in [0.5, 0.6) is 0 Å². The summed E-state index contributed by atoms with van der Waals surface area (Å²) in [6.45, 7) is 1.93. The fraction of sp³-hybridized carbons (Fsp3) is 0.167. The molecule has 0 N–H and O–H groups in total. The van der Waals surface area contributed by atoms with Gasteiger partial charge in [0.25, 0.3) is 11.6 Å². The van der Waals surface area contributed by atoms with Gasteiger partial charge in [0.2, 0.25) is 5.91 Å². The summed E-state index contributed by atoms with van der Waals surface area (Å²) in [5.41, 5.74) is 2.80. The van der Waals surface area contributed by atoms with E-state index in [1.807, 2.05) is 49.4 Å². The lowest BCUT2D eigenvalue weighted by molar-refractivity contribution is -0.384. The summed E-state index contributed by atoms with van der Waals surface area (Å²) in [7, 11) is 0. The highest BCUT2D eigenvalue weighted by Gasteiger charge is 2.60. The molecule has 2 fully saturated rings. The molecule has 8 nitrogen and oxygen atoms in total. The number of hydrogen-bond acceptors (Lipinski definition) is 6. The number of imide groups is 1. The summed E-state index contributed by atoms with van der Waals surface area (Å²) in [6.07, 6.45) is -0.982. The van der Waals surface area contributed by atoms with Crippen molar-refractivity contribution in [3.63, 3.8) is 0 Å². The van der Waals surface area contributed by atoms with Gasteiger partial charge < -0.3 is 0 Å². The molecule has 3 aromatic carbocycles. The fourth-order valence-corrected chi connectivity index (χ4v) is 4.29. The molecule has 2 amide bonds. The molecule has 0 unspecified atom stereocenters. The van der Waals surface area contributed by atoms with Crippen molar-refractivity contribution < 1.29 is 19.3 Å². The van der Waals surface area contributed by atoms with Crippen LogP contribution in [0.15, 0.2) is 78.9 Å². The number of nitro groups is 1. The fourth-order valence-electron chi connectivity index (χ4n) is 4.29. The largest absolute Gasteiger partial charge is 0.273 e. The third-order valence-electron chi connectivity index (χ3n) is 5.86. The number of benzene rings is 3. The second-order valence-electron chi connectivity index (χ2n) is 7.85. The van der Waals surface area contributed by atoms with Gasteiger partial charge in [-0.25, -0.2) is 9.96 Å². The summed E-state index contributed by atoms with van der Waals surface area (Å²) in [6, 6.07) is 21.7. The lowest BCUT2D eigenvalue weighted by Gasteiger charge is -2.28. The van der Waals surface area contributed by atoms with E-state index in [2.05, 4.69) is 0 Å². The van der Waals surface area contributed by atoms with E-state index in [-0.39, 0.29) is 11.6 Å². The number of amides is 2. The Bertz CT molecular complexity index is 1190. The van der Waals surface area contributed by atoms with E-state index in [1.54, 1.807) is 29.3 Å². The highest BCUT2D eigenvalue weighted by Crippen LogP contribution is 2.47. The predicted octanol–water partition coefficient (Wildman–Crippen LogP) is 3.95. The Hall–Kier alpha value is -4.04. The molecule has 0 spiro atoms. The quantitative estimate of drug-likeness (QED) is 0.354. The monoisotopic (exact) mass is 429 g/mol. The maximum atomic E-state index is 13.5. The van der Waals surface area contributed by atoms with Crippen LogP contribution in [0.4, 0.5) is 17.1 Å². The number of nitrogens with zero attached hydrogens (tertiary/aromatic N) is 3. The second kappa shape index (κ2) is 7.58. The normalized spacial score (nSPS) is 22.3. The Balaban J connectivity index is 1.57. The Kier molecular flexibility index (Phi) is 4.71. The molecule has 2 heterocycles. The van der Waals surface area contributed by atoms with Gasteiger partial charge in [-0.1, -0.05) is 48.0 Å². The molecule has 0 aliphatic carbocycles. The molecule has 8 heteroatoms. The van der Waals surface area contributed by atoms with Gasteiger partial charge in [0.1, 0.15) is 5.92 Å². The van der Waals surface area contributed by atoms with Crippen molar-refractivity contribution in [3.05, 3.63) is 100 Å². The van der Waals surface area contributed by atoms with Crippen molar-refractivity contribution in [2.24, 2.45) is 5.92 Å². The number of non-ortho nitro benzene ring substituents is 1. The Morgan fingerprint density at radius 2 is 1.50 bits per heavy atom. The molecule has 3 atom stereocenters. The molecule has 32 heavy (non-hydrogen) atoms. The van der Waals surface area contributed by atoms with Crippen LogP contribution in [0.25, 0.3) is 0 Å². The van der Waals surface area contributed by atoms with Gasteiger partial charge in [0, 0.05) is 12.1 Å². The van der Waals surface area contributed by atoms with Gasteiger partial charge in [-0.15, -0.1) is 0 Å². The first-order valence-corrected chi connectivity index (χ1v) is 10.2. The lowest BCUT2D eigenvalue weighted by Crippen LogP contribution is -2.37. The second-order valence-corrected chi connectivity index (χ2v) is 7.85. The van der Waals surface area contributed by atoms with E-state index in [4.69, 9.17) is 4.84 Å². The zero-order valence-electron chi connectivity index (χ0n) is 17.1. The zero-order chi connectivity index (χ0) is 22.4. The first-order chi connectivity index (χ1) is 15.5. The van der Waals surface area contributed by atoms with Gasteiger partial charge in [-0.2, -0.15) is 0 Å². The van der Waals surface area contributed by atoms with Gasteiger partial charge in [-0.05, 0) is 36.8 Å². The number of nitro benzene ring substituents is 1. The summed E-state index contributed by atoms with van der Waals surface area (Å²) in [4.78, 5) is 44.6. The number of hydrogen-bond donors (Lipinski definition) is 0. The van der Waals surface area contributed by atoms with Gasteiger partial charge in [-0.3, -0.25) is 24.5 Å². The molecular formula is C24H19N3O5. The molecule has 0 bridgehead atoms. The van der Waals surface area contributed by atoms with Gasteiger partial charge in [0.15, 0.2) is 6.10 Å². The molecule has 0 radical (unpaired) electrons. The minimum absolute atomic E-state index is 0.0504. The molecule has 2 aliphatic heterocycles. The molecular weight excluding hydrogens is 410 g/mol. The number of rotatable bonds is 4. The van der Waals surface area contributed by atoms with Gasteiger partial charge in [0.05, 0.1) is 22.3 Å². The predicted molar refractivity (Wildman–Crippen MR) is 117 cm³/mol. The van der Waals surface area contributed by atoms with Crippen LogP contribution in [-0.2, 0) is 14.4 Å². The van der Waals surface area contributed by atoms with E-state index in [0.29, 0.717) is 16.9 Å². The summed E-state index contributed by atoms with van der Waals surface area (Å²) >= 11 is 0. The van der Waals surface area contributed by atoms with Crippen LogP contribution >= 0.6 is 0 Å². The van der Waals surface area contributed by atoms with E-state index < -0.39 is 28.9 Å². The van der Waals surface area contributed by atoms with E-state index in [9.17, 15) is 19.7 Å². The van der Waals surface area contributed by atoms with Crippen molar-refractivity contribution in [1.82, 2.24) is 0 Å². The maximum absolute atomic E-state index is 13.5. The standard InChI is InChI=1S/C24H19N3O5/c1-15-7-11-17(12-8-15)25-23(28)20-21(16-9-13-19(14-10-16)27(30)31)26(32-22(20)24(25)29)18-5-3-2-4-6-18/h2-14,20-22H,1H3/t20-,21-,22-/m1/s1. The zero-order valence-corrected chi connectivity index (χ0v) is 17.1. The lowest BCUT2D eigenvalue weighted by atomic mass is 9.90. The number of fused-ring (bicyclic) bond motifs is 1. The van der Waals surface area contributed by atoms with Crippen molar-refractivity contribution in [2.45, 2.75) is 19.1 Å². The Morgan fingerprint density at radius 1 is 0.844 bits per heavy atom. The third kappa shape index (κ3) is 3.12. The number of para-hydroxylation sites is 1. The molecule has 5 rings (SSSR count).